The summed E-state index contributed by atoms with van der Waals surface area (Å²) in [5.74, 6) is -2.11. The SMILES string of the molecule is COCC(ONC(=O)C(C)CCCNC(=O)OCC1c2ccccc2-c2ccccc21)C(=O)O. The third-order valence-corrected chi connectivity index (χ3v) is 5.77. The first-order chi connectivity index (χ1) is 16.4. The molecule has 2 amide bonds. The minimum absolute atomic E-state index is 0.00500. The minimum Gasteiger partial charge on any atom is -0.479 e. The number of nitrogens with one attached hydrogen (secondary N) is 2. The zero-order valence-corrected chi connectivity index (χ0v) is 19.3. The van der Waals surface area contributed by atoms with Crippen LogP contribution in [-0.2, 0) is 23.9 Å². The summed E-state index contributed by atoms with van der Waals surface area (Å²) >= 11 is 0. The predicted molar refractivity (Wildman–Crippen MR) is 124 cm³/mol. The Balaban J connectivity index is 1.38. The molecule has 0 spiro atoms. The third kappa shape index (κ3) is 6.33. The number of methoxy groups -OCH3 is 1. The number of carboxylic acids is 1. The molecular formula is C25H30N2O7. The van der Waals surface area contributed by atoms with Gasteiger partial charge in [0.05, 0.1) is 6.61 Å². The number of rotatable bonds is 12. The molecule has 2 unspecified atom stereocenters. The molecule has 3 N–H and O–H groups in total. The number of fused-ring (bicyclic) bond motifs is 3. The molecule has 9 heteroatoms. The van der Waals surface area contributed by atoms with Gasteiger partial charge in [0.2, 0.25) is 12.0 Å². The molecule has 182 valence electrons. The number of alkyl carbamates (subject to hydrolysis) is 1. The van der Waals surface area contributed by atoms with Crippen molar-refractivity contribution in [2.24, 2.45) is 5.92 Å². The van der Waals surface area contributed by atoms with E-state index in [1.807, 2.05) is 24.3 Å². The van der Waals surface area contributed by atoms with E-state index in [0.29, 0.717) is 19.4 Å². The number of aliphatic carboxylic acids is 1. The summed E-state index contributed by atoms with van der Waals surface area (Å²) < 4.78 is 10.2. The van der Waals surface area contributed by atoms with Gasteiger partial charge in [-0.15, -0.1) is 0 Å². The first kappa shape index (κ1) is 25.2. The molecule has 34 heavy (non-hydrogen) atoms. The topological polar surface area (TPSA) is 123 Å². The number of amides is 2. The number of carboxylic acid groups (broad SMARTS) is 1. The molecule has 2 atom stereocenters. The van der Waals surface area contributed by atoms with Gasteiger partial charge in [0, 0.05) is 25.5 Å². The van der Waals surface area contributed by atoms with Crippen molar-refractivity contribution in [2.75, 3.05) is 26.9 Å². The maximum absolute atomic E-state index is 12.2. The van der Waals surface area contributed by atoms with Gasteiger partial charge in [-0.3, -0.25) is 9.63 Å². The average molecular weight is 471 g/mol. The normalized spacial score (nSPS) is 13.9. The van der Waals surface area contributed by atoms with Crippen LogP contribution in [0.4, 0.5) is 4.79 Å². The summed E-state index contributed by atoms with van der Waals surface area (Å²) in [7, 11) is 1.34. The lowest BCUT2D eigenvalue weighted by Gasteiger charge is -2.16. The van der Waals surface area contributed by atoms with Crippen LogP contribution in [0.3, 0.4) is 0 Å². The van der Waals surface area contributed by atoms with Crippen LogP contribution in [-0.4, -0.2) is 56.0 Å². The molecule has 1 aliphatic rings. The highest BCUT2D eigenvalue weighted by atomic mass is 16.7. The van der Waals surface area contributed by atoms with Gasteiger partial charge in [-0.25, -0.2) is 15.1 Å². The lowest BCUT2D eigenvalue weighted by Crippen LogP contribution is -2.39. The van der Waals surface area contributed by atoms with Crippen LogP contribution in [0.15, 0.2) is 48.5 Å². The first-order valence-corrected chi connectivity index (χ1v) is 11.2. The zero-order valence-electron chi connectivity index (χ0n) is 19.3. The van der Waals surface area contributed by atoms with Crippen molar-refractivity contribution in [3.63, 3.8) is 0 Å². The van der Waals surface area contributed by atoms with Crippen molar-refractivity contribution in [1.82, 2.24) is 10.8 Å². The second-order valence-electron chi connectivity index (χ2n) is 8.16. The molecular weight excluding hydrogens is 440 g/mol. The number of hydrogen-bond donors (Lipinski definition) is 3. The van der Waals surface area contributed by atoms with Crippen LogP contribution in [0.1, 0.15) is 36.8 Å². The summed E-state index contributed by atoms with van der Waals surface area (Å²) in [4.78, 5) is 40.2. The van der Waals surface area contributed by atoms with Gasteiger partial charge in [-0.1, -0.05) is 55.5 Å². The highest BCUT2D eigenvalue weighted by molar-refractivity contribution is 5.79. The molecule has 0 aromatic heterocycles. The fourth-order valence-corrected chi connectivity index (χ4v) is 3.92. The molecule has 2 aromatic rings. The second kappa shape index (κ2) is 12.2. The van der Waals surface area contributed by atoms with Gasteiger partial charge in [0.15, 0.2) is 0 Å². The molecule has 3 rings (SSSR count). The Kier molecular flexibility index (Phi) is 9.00. The standard InChI is InChI=1S/C25H30N2O7/c1-16(23(28)27-34-22(15-32-2)24(29)30)8-7-13-26-25(31)33-14-21-19-11-5-3-9-17(19)18-10-4-6-12-20(18)21/h3-6,9-12,16,21-22H,7-8,13-15H2,1-2H3,(H,26,31)(H,27,28)(H,29,30). The number of carbonyl (C=O) groups excluding carboxylic acids is 2. The largest absolute Gasteiger partial charge is 0.479 e. The van der Waals surface area contributed by atoms with E-state index in [9.17, 15) is 14.4 Å². The van der Waals surface area contributed by atoms with Crippen molar-refractivity contribution in [2.45, 2.75) is 31.8 Å². The van der Waals surface area contributed by atoms with E-state index in [2.05, 4.69) is 35.1 Å². The molecule has 1 aliphatic carbocycles. The summed E-state index contributed by atoms with van der Waals surface area (Å²) in [6.07, 6.45) is -0.775. The molecule has 2 aromatic carbocycles. The van der Waals surface area contributed by atoms with Crippen molar-refractivity contribution in [1.29, 1.82) is 0 Å². The summed E-state index contributed by atoms with van der Waals surface area (Å²) in [6.45, 7) is 2.09. The fourth-order valence-electron chi connectivity index (χ4n) is 3.92. The maximum Gasteiger partial charge on any atom is 0.407 e. The van der Waals surface area contributed by atoms with E-state index in [1.54, 1.807) is 6.92 Å². The predicted octanol–water partition coefficient (Wildman–Crippen LogP) is 3.09. The van der Waals surface area contributed by atoms with Crippen LogP contribution in [0.2, 0.25) is 0 Å². The number of hydrogen-bond acceptors (Lipinski definition) is 6. The molecule has 9 nitrogen and oxygen atoms in total. The molecule has 0 saturated heterocycles. The minimum atomic E-state index is -1.28. The number of ether oxygens (including phenoxy) is 2. The summed E-state index contributed by atoms with van der Waals surface area (Å²) in [5.41, 5.74) is 6.78. The number of benzene rings is 2. The van der Waals surface area contributed by atoms with Crippen LogP contribution in [0, 0.1) is 5.92 Å². The fraction of sp³-hybridized carbons (Fsp3) is 0.400. The van der Waals surface area contributed by atoms with Gasteiger partial charge < -0.3 is 19.9 Å². The van der Waals surface area contributed by atoms with Crippen molar-refractivity contribution >= 4 is 18.0 Å². The maximum atomic E-state index is 12.2. The Labute approximate surface area is 198 Å². The Bertz CT molecular complexity index is 965. The van der Waals surface area contributed by atoms with Gasteiger partial charge in [-0.2, -0.15) is 0 Å². The molecule has 0 heterocycles. The first-order valence-electron chi connectivity index (χ1n) is 11.2. The van der Waals surface area contributed by atoms with Crippen molar-refractivity contribution in [3.8, 4) is 11.1 Å². The molecule has 0 aliphatic heterocycles. The zero-order chi connectivity index (χ0) is 24.5. The smallest absolute Gasteiger partial charge is 0.407 e. The van der Waals surface area contributed by atoms with E-state index in [0.717, 1.165) is 11.1 Å². The van der Waals surface area contributed by atoms with E-state index < -0.39 is 30.0 Å². The van der Waals surface area contributed by atoms with Crippen LogP contribution in [0.5, 0.6) is 0 Å². The van der Waals surface area contributed by atoms with Gasteiger partial charge in [-0.05, 0) is 35.1 Å². The summed E-state index contributed by atoms with van der Waals surface area (Å²) in [5, 5.41) is 11.7. The molecule has 0 radical (unpaired) electrons. The lowest BCUT2D eigenvalue weighted by atomic mass is 9.98. The third-order valence-electron chi connectivity index (χ3n) is 5.77. The second-order valence-corrected chi connectivity index (χ2v) is 8.16. The Morgan fingerprint density at radius 1 is 1.03 bits per heavy atom. The molecule has 0 saturated carbocycles. The van der Waals surface area contributed by atoms with Gasteiger partial charge in [0.25, 0.3) is 0 Å². The van der Waals surface area contributed by atoms with E-state index in [-0.39, 0.29) is 19.1 Å². The highest BCUT2D eigenvalue weighted by Crippen LogP contribution is 2.44. The van der Waals surface area contributed by atoms with Crippen molar-refractivity contribution < 1.29 is 33.8 Å². The van der Waals surface area contributed by atoms with E-state index in [1.165, 1.54) is 18.2 Å². The average Bonchev–Trinajstić information content (AvgIpc) is 3.16. The van der Waals surface area contributed by atoms with Crippen LogP contribution < -0.4 is 10.8 Å². The highest BCUT2D eigenvalue weighted by Gasteiger charge is 2.29. The van der Waals surface area contributed by atoms with Crippen molar-refractivity contribution in [3.05, 3.63) is 59.7 Å². The van der Waals surface area contributed by atoms with Gasteiger partial charge in [0.1, 0.15) is 6.61 Å². The number of hydroxylamine groups is 1. The molecule has 0 bridgehead atoms. The Hall–Kier alpha value is -3.43. The monoisotopic (exact) mass is 470 g/mol. The Morgan fingerprint density at radius 3 is 2.24 bits per heavy atom. The van der Waals surface area contributed by atoms with E-state index >= 15 is 0 Å². The van der Waals surface area contributed by atoms with Gasteiger partial charge >= 0.3 is 12.1 Å². The van der Waals surface area contributed by atoms with E-state index in [4.69, 9.17) is 19.4 Å². The molecule has 0 fully saturated rings. The number of carbonyl (C=O) groups is 3. The quantitative estimate of drug-likeness (QED) is 0.322. The summed E-state index contributed by atoms with van der Waals surface area (Å²) in [6, 6.07) is 16.3. The van der Waals surface area contributed by atoms with Crippen LogP contribution in [0.25, 0.3) is 11.1 Å². The lowest BCUT2D eigenvalue weighted by molar-refractivity contribution is -0.166. The Morgan fingerprint density at radius 2 is 1.65 bits per heavy atom. The van der Waals surface area contributed by atoms with Crippen LogP contribution >= 0.6 is 0 Å².